The molecule has 1 nitrogen and oxygen atoms in total. The van der Waals surface area contributed by atoms with Crippen molar-refractivity contribution in [1.82, 2.24) is 0 Å². The molecule has 0 unspecified atom stereocenters. The van der Waals surface area contributed by atoms with E-state index in [9.17, 15) is 0 Å². The SMILES string of the molecule is c1ccc2c(c1)Oc1ccc(-c3ccc4c(c3)sc3ccccc34)cc1-c1ccccc1-2. The molecule has 0 saturated carbocycles. The quantitative estimate of drug-likeness (QED) is 0.254. The summed E-state index contributed by atoms with van der Waals surface area (Å²) in [5, 5.41) is 2.66. The zero-order valence-electron chi connectivity index (χ0n) is 17.2. The fourth-order valence-electron chi connectivity index (χ4n) is 4.76. The van der Waals surface area contributed by atoms with Gasteiger partial charge in [0.05, 0.1) is 0 Å². The monoisotopic (exact) mass is 426 g/mol. The van der Waals surface area contributed by atoms with Gasteiger partial charge in [-0.3, -0.25) is 0 Å². The van der Waals surface area contributed by atoms with E-state index in [1.54, 1.807) is 0 Å². The molecule has 0 aliphatic carbocycles. The Morgan fingerprint density at radius 2 is 1.06 bits per heavy atom. The molecular weight excluding hydrogens is 408 g/mol. The molecule has 1 aliphatic heterocycles. The number of rotatable bonds is 1. The molecule has 0 N–H and O–H groups in total. The summed E-state index contributed by atoms with van der Waals surface area (Å²) in [6.45, 7) is 0. The summed E-state index contributed by atoms with van der Waals surface area (Å²) < 4.78 is 9.04. The summed E-state index contributed by atoms with van der Waals surface area (Å²) in [5.41, 5.74) is 7.10. The number of thiophene rings is 1. The van der Waals surface area contributed by atoms with Gasteiger partial charge in [0.2, 0.25) is 0 Å². The van der Waals surface area contributed by atoms with Crippen molar-refractivity contribution in [2.45, 2.75) is 0 Å². The van der Waals surface area contributed by atoms with Gasteiger partial charge in [0.15, 0.2) is 0 Å². The Balaban J connectivity index is 1.43. The molecule has 0 atom stereocenters. The normalized spacial score (nSPS) is 12.0. The Kier molecular flexibility index (Phi) is 3.78. The van der Waals surface area contributed by atoms with Crippen molar-refractivity contribution >= 4 is 31.5 Å². The van der Waals surface area contributed by atoms with E-state index in [1.807, 2.05) is 23.5 Å². The average molecular weight is 427 g/mol. The first-order valence-electron chi connectivity index (χ1n) is 10.8. The average Bonchev–Trinajstić information content (AvgIpc) is 3.15. The smallest absolute Gasteiger partial charge is 0.135 e. The molecular formula is C30H18OS. The lowest BCUT2D eigenvalue weighted by atomic mass is 9.92. The van der Waals surface area contributed by atoms with Gasteiger partial charge in [-0.1, -0.05) is 78.9 Å². The lowest BCUT2D eigenvalue weighted by Gasteiger charge is -2.11. The summed E-state index contributed by atoms with van der Waals surface area (Å²) in [6, 6.07) is 38.9. The van der Waals surface area contributed by atoms with E-state index >= 15 is 0 Å². The molecule has 0 amide bonds. The van der Waals surface area contributed by atoms with Gasteiger partial charge in [-0.25, -0.2) is 0 Å². The first-order valence-corrected chi connectivity index (χ1v) is 11.6. The molecule has 1 aliphatic rings. The fourth-order valence-corrected chi connectivity index (χ4v) is 5.91. The van der Waals surface area contributed by atoms with Crippen molar-refractivity contribution in [2.75, 3.05) is 0 Å². The van der Waals surface area contributed by atoms with Crippen molar-refractivity contribution in [3.8, 4) is 44.9 Å². The van der Waals surface area contributed by atoms with Gasteiger partial charge >= 0.3 is 0 Å². The predicted octanol–water partition coefficient (Wildman–Crippen LogP) is 9.16. The predicted molar refractivity (Wildman–Crippen MR) is 136 cm³/mol. The van der Waals surface area contributed by atoms with E-state index < -0.39 is 0 Å². The van der Waals surface area contributed by atoms with Crippen molar-refractivity contribution in [3.63, 3.8) is 0 Å². The van der Waals surface area contributed by atoms with Gasteiger partial charge in [-0.15, -0.1) is 11.3 Å². The maximum absolute atomic E-state index is 6.39. The van der Waals surface area contributed by atoms with E-state index in [0.29, 0.717) is 0 Å². The van der Waals surface area contributed by atoms with Crippen LogP contribution < -0.4 is 4.74 Å². The molecule has 5 aromatic carbocycles. The molecule has 7 rings (SSSR count). The number of hydrogen-bond acceptors (Lipinski definition) is 2. The Morgan fingerprint density at radius 1 is 0.438 bits per heavy atom. The molecule has 1 aromatic heterocycles. The molecule has 0 bridgehead atoms. The highest BCUT2D eigenvalue weighted by atomic mass is 32.1. The van der Waals surface area contributed by atoms with Crippen LogP contribution in [0.1, 0.15) is 0 Å². The molecule has 6 aromatic rings. The Morgan fingerprint density at radius 3 is 1.97 bits per heavy atom. The van der Waals surface area contributed by atoms with Gasteiger partial charge in [0.25, 0.3) is 0 Å². The fraction of sp³-hybridized carbons (Fsp3) is 0. The minimum absolute atomic E-state index is 0.897. The maximum atomic E-state index is 6.39. The van der Waals surface area contributed by atoms with Crippen molar-refractivity contribution in [1.29, 1.82) is 0 Å². The molecule has 0 fully saturated rings. The van der Waals surface area contributed by atoms with Crippen LogP contribution in [0.2, 0.25) is 0 Å². The third-order valence-electron chi connectivity index (χ3n) is 6.31. The molecule has 0 spiro atoms. The second kappa shape index (κ2) is 6.81. The topological polar surface area (TPSA) is 9.23 Å². The summed E-state index contributed by atoms with van der Waals surface area (Å²) >= 11 is 1.86. The number of fused-ring (bicyclic) bond motifs is 8. The van der Waals surface area contributed by atoms with Crippen LogP contribution in [0.3, 0.4) is 0 Å². The minimum Gasteiger partial charge on any atom is -0.456 e. The molecule has 2 heteroatoms. The first-order chi connectivity index (χ1) is 15.8. The first kappa shape index (κ1) is 17.8. The zero-order valence-corrected chi connectivity index (χ0v) is 18.0. The van der Waals surface area contributed by atoms with E-state index in [1.165, 1.54) is 42.4 Å². The van der Waals surface area contributed by atoms with Crippen molar-refractivity contribution in [2.24, 2.45) is 0 Å². The summed E-state index contributed by atoms with van der Waals surface area (Å²) in [6.07, 6.45) is 0. The molecule has 0 saturated heterocycles. The van der Waals surface area contributed by atoms with E-state index in [4.69, 9.17) is 4.74 Å². The van der Waals surface area contributed by atoms with Gasteiger partial charge in [-0.05, 0) is 52.6 Å². The number of ether oxygens (including phenoxy) is 1. The summed E-state index contributed by atoms with van der Waals surface area (Å²) in [4.78, 5) is 0. The van der Waals surface area contributed by atoms with E-state index in [-0.39, 0.29) is 0 Å². The highest BCUT2D eigenvalue weighted by molar-refractivity contribution is 7.25. The molecule has 0 radical (unpaired) electrons. The zero-order chi connectivity index (χ0) is 21.1. The highest BCUT2D eigenvalue weighted by Crippen LogP contribution is 2.47. The lowest BCUT2D eigenvalue weighted by molar-refractivity contribution is 0.488. The van der Waals surface area contributed by atoms with Crippen LogP contribution in [-0.4, -0.2) is 0 Å². The van der Waals surface area contributed by atoms with E-state index in [0.717, 1.165) is 22.6 Å². The summed E-state index contributed by atoms with van der Waals surface area (Å²) in [5.74, 6) is 1.80. The van der Waals surface area contributed by atoms with Crippen LogP contribution in [0.25, 0.3) is 53.6 Å². The number of benzene rings is 5. The van der Waals surface area contributed by atoms with Crippen LogP contribution in [0.15, 0.2) is 109 Å². The number of hydrogen-bond donors (Lipinski definition) is 0. The second-order valence-electron chi connectivity index (χ2n) is 8.16. The molecule has 32 heavy (non-hydrogen) atoms. The van der Waals surface area contributed by atoms with Gasteiger partial charge in [0.1, 0.15) is 11.5 Å². The summed E-state index contributed by atoms with van der Waals surface area (Å²) in [7, 11) is 0. The Hall–Kier alpha value is -3.88. The van der Waals surface area contributed by atoms with Crippen LogP contribution in [0.4, 0.5) is 0 Å². The van der Waals surface area contributed by atoms with Crippen LogP contribution in [0.5, 0.6) is 11.5 Å². The Bertz CT molecular complexity index is 1660. The van der Waals surface area contributed by atoms with Gasteiger partial charge < -0.3 is 4.74 Å². The standard InChI is InChI=1S/C30H18OS/c1-2-8-22-21(7-1)23-9-3-5-11-27(23)31-28-16-14-19(17-26(22)28)20-13-15-25-24-10-4-6-12-29(24)32-30(25)18-20/h1-18H. The van der Waals surface area contributed by atoms with E-state index in [2.05, 4.69) is 97.1 Å². The van der Waals surface area contributed by atoms with Crippen LogP contribution >= 0.6 is 11.3 Å². The van der Waals surface area contributed by atoms with Gasteiger partial charge in [-0.2, -0.15) is 0 Å². The third kappa shape index (κ3) is 2.63. The number of para-hydroxylation sites is 1. The maximum Gasteiger partial charge on any atom is 0.135 e. The van der Waals surface area contributed by atoms with Crippen LogP contribution in [0, 0.1) is 0 Å². The molecule has 150 valence electrons. The van der Waals surface area contributed by atoms with Crippen molar-refractivity contribution < 1.29 is 4.74 Å². The van der Waals surface area contributed by atoms with Crippen LogP contribution in [-0.2, 0) is 0 Å². The Labute approximate surface area is 190 Å². The highest BCUT2D eigenvalue weighted by Gasteiger charge is 2.20. The molecule has 2 heterocycles. The van der Waals surface area contributed by atoms with Gasteiger partial charge in [0, 0.05) is 31.3 Å². The largest absolute Gasteiger partial charge is 0.456 e. The lowest BCUT2D eigenvalue weighted by Crippen LogP contribution is -1.87. The second-order valence-corrected chi connectivity index (χ2v) is 9.25. The third-order valence-corrected chi connectivity index (χ3v) is 7.44. The minimum atomic E-state index is 0.897. The van der Waals surface area contributed by atoms with Crippen molar-refractivity contribution in [3.05, 3.63) is 109 Å².